The molecule has 0 radical (unpaired) electrons. The fourth-order valence-corrected chi connectivity index (χ4v) is 4.15. The number of fused-ring (bicyclic) bond motifs is 1. The fourth-order valence-electron chi connectivity index (χ4n) is 4.15. The number of anilines is 1. The lowest BCUT2D eigenvalue weighted by atomic mass is 10.1. The molecule has 1 aliphatic rings. The Bertz CT molecular complexity index is 1300. The fraction of sp³-hybridized carbons (Fsp3) is 0.217. The average Bonchev–Trinajstić information content (AvgIpc) is 2.93. The topological polar surface area (TPSA) is 43.1 Å². The lowest BCUT2D eigenvalue weighted by Crippen LogP contribution is -2.36. The molecule has 0 N–H and O–H groups in total. The van der Waals surface area contributed by atoms with Gasteiger partial charge in [0, 0.05) is 41.2 Å². The number of halogens is 1. The lowest BCUT2D eigenvalue weighted by Gasteiger charge is -2.33. The summed E-state index contributed by atoms with van der Waals surface area (Å²) in [6, 6.07) is 14.5. The van der Waals surface area contributed by atoms with Gasteiger partial charge in [-0.15, -0.1) is 0 Å². The summed E-state index contributed by atoms with van der Waals surface area (Å²) in [4.78, 5) is 15.6. The van der Waals surface area contributed by atoms with Gasteiger partial charge in [0.05, 0.1) is 11.6 Å². The van der Waals surface area contributed by atoms with E-state index in [4.69, 9.17) is 0 Å². The first kappa shape index (κ1) is 17.7. The predicted octanol–water partition coefficient (Wildman–Crippen LogP) is 4.14. The van der Waals surface area contributed by atoms with Gasteiger partial charge in [0.25, 0.3) is 5.56 Å². The van der Waals surface area contributed by atoms with Crippen LogP contribution in [0.2, 0.25) is 0 Å². The van der Waals surface area contributed by atoms with Crippen LogP contribution in [0.1, 0.15) is 17.8 Å². The van der Waals surface area contributed by atoms with E-state index in [1.54, 1.807) is 24.4 Å². The first-order valence-corrected chi connectivity index (χ1v) is 9.76. The van der Waals surface area contributed by atoms with Crippen molar-refractivity contribution in [2.75, 3.05) is 18.0 Å². The number of aromatic nitrogens is 3. The first-order chi connectivity index (χ1) is 14.1. The van der Waals surface area contributed by atoms with Crippen LogP contribution in [-0.4, -0.2) is 27.4 Å². The molecule has 4 aromatic rings. The lowest BCUT2D eigenvalue weighted by molar-refractivity contribution is 0.606. The molecular weight excluding hydrogens is 367 g/mol. The molecule has 146 valence electrons. The normalized spacial score (nSPS) is 13.7. The van der Waals surface area contributed by atoms with Gasteiger partial charge in [-0.1, -0.05) is 18.2 Å². The molecule has 5 rings (SSSR count). The van der Waals surface area contributed by atoms with Crippen molar-refractivity contribution < 1.29 is 4.39 Å². The van der Waals surface area contributed by atoms with Crippen molar-refractivity contribution in [3.8, 4) is 11.4 Å². The summed E-state index contributed by atoms with van der Waals surface area (Å²) in [7, 11) is 0. The predicted molar refractivity (Wildman–Crippen MR) is 113 cm³/mol. The maximum atomic E-state index is 14.3. The Balaban J connectivity index is 1.72. The van der Waals surface area contributed by atoms with E-state index in [9.17, 15) is 9.18 Å². The molecule has 29 heavy (non-hydrogen) atoms. The van der Waals surface area contributed by atoms with Crippen molar-refractivity contribution in [3.63, 3.8) is 0 Å². The summed E-state index contributed by atoms with van der Waals surface area (Å²) >= 11 is 0. The monoisotopic (exact) mass is 388 g/mol. The molecule has 1 aliphatic heterocycles. The van der Waals surface area contributed by atoms with Gasteiger partial charge < -0.3 is 9.47 Å². The van der Waals surface area contributed by atoms with Crippen LogP contribution in [0.25, 0.3) is 22.1 Å². The summed E-state index contributed by atoms with van der Waals surface area (Å²) in [6.45, 7) is 6.07. The minimum absolute atomic E-state index is 0.156. The second-order valence-corrected chi connectivity index (χ2v) is 7.47. The van der Waals surface area contributed by atoms with Crippen molar-refractivity contribution in [1.29, 1.82) is 0 Å². The van der Waals surface area contributed by atoms with Crippen LogP contribution in [0.15, 0.2) is 59.5 Å². The highest BCUT2D eigenvalue weighted by Gasteiger charge is 2.20. The molecule has 3 heterocycles. The molecule has 2 aromatic carbocycles. The van der Waals surface area contributed by atoms with E-state index in [1.807, 2.05) is 26.0 Å². The van der Waals surface area contributed by atoms with E-state index < -0.39 is 5.82 Å². The van der Waals surface area contributed by atoms with E-state index >= 15 is 0 Å². The highest BCUT2D eigenvalue weighted by atomic mass is 19.1. The van der Waals surface area contributed by atoms with Crippen molar-refractivity contribution >= 4 is 16.5 Å². The highest BCUT2D eigenvalue weighted by molar-refractivity contribution is 5.88. The van der Waals surface area contributed by atoms with Gasteiger partial charge in [-0.25, -0.2) is 4.39 Å². The minimum atomic E-state index is -0.475. The van der Waals surface area contributed by atoms with Crippen LogP contribution < -0.4 is 10.5 Å². The Morgan fingerprint density at radius 3 is 2.45 bits per heavy atom. The summed E-state index contributed by atoms with van der Waals surface area (Å²) in [5, 5.41) is 5.61. The average molecular weight is 388 g/mol. The zero-order valence-corrected chi connectivity index (χ0v) is 16.4. The molecule has 2 aromatic heterocycles. The zero-order valence-electron chi connectivity index (χ0n) is 16.4. The molecule has 0 amide bonds. The minimum Gasteiger partial charge on any atom is -0.371 e. The van der Waals surface area contributed by atoms with E-state index in [-0.39, 0.29) is 11.2 Å². The van der Waals surface area contributed by atoms with Crippen molar-refractivity contribution in [1.82, 2.24) is 14.3 Å². The Morgan fingerprint density at radius 1 is 0.966 bits per heavy atom. The van der Waals surface area contributed by atoms with E-state index in [0.29, 0.717) is 5.39 Å². The molecule has 0 saturated carbocycles. The van der Waals surface area contributed by atoms with Crippen LogP contribution in [0.5, 0.6) is 0 Å². The Kier molecular flexibility index (Phi) is 4.01. The van der Waals surface area contributed by atoms with Gasteiger partial charge in [-0.3, -0.25) is 4.79 Å². The largest absolute Gasteiger partial charge is 0.371 e. The van der Waals surface area contributed by atoms with Gasteiger partial charge in [-0.05, 0) is 50.6 Å². The van der Waals surface area contributed by atoms with Gasteiger partial charge in [0.2, 0.25) is 0 Å². The molecule has 0 bridgehead atoms. The molecular formula is C23H21FN4O. The summed E-state index contributed by atoms with van der Waals surface area (Å²) < 4.78 is 17.5. The van der Waals surface area contributed by atoms with Crippen LogP contribution >= 0.6 is 0 Å². The number of hydrogen-bond acceptors (Lipinski definition) is 3. The molecule has 6 heteroatoms. The SMILES string of the molecule is Cc1c2cnn(-c3ccccc3F)c(=O)c2c(C)n1-c1cccc(N2CCC2)c1. The second-order valence-electron chi connectivity index (χ2n) is 7.47. The molecule has 0 aliphatic carbocycles. The van der Waals surface area contributed by atoms with Crippen molar-refractivity contribution in [3.05, 3.63) is 82.3 Å². The van der Waals surface area contributed by atoms with E-state index in [2.05, 4.69) is 26.7 Å². The van der Waals surface area contributed by atoms with Gasteiger partial charge in [0.1, 0.15) is 11.5 Å². The van der Waals surface area contributed by atoms with Gasteiger partial charge in [-0.2, -0.15) is 9.78 Å². The van der Waals surface area contributed by atoms with Crippen LogP contribution in [-0.2, 0) is 0 Å². The smallest absolute Gasteiger partial charge is 0.281 e. The van der Waals surface area contributed by atoms with Crippen molar-refractivity contribution in [2.24, 2.45) is 0 Å². The van der Waals surface area contributed by atoms with Gasteiger partial charge >= 0.3 is 0 Å². The number of nitrogens with zero attached hydrogens (tertiary/aromatic N) is 4. The molecule has 1 fully saturated rings. The molecule has 0 spiro atoms. The third-order valence-electron chi connectivity index (χ3n) is 5.79. The van der Waals surface area contributed by atoms with Crippen LogP contribution in [0.4, 0.5) is 10.1 Å². The summed E-state index contributed by atoms with van der Waals surface area (Å²) in [5.74, 6) is -0.475. The van der Waals surface area contributed by atoms with E-state index in [0.717, 1.165) is 40.2 Å². The summed E-state index contributed by atoms with van der Waals surface area (Å²) in [6.07, 6.45) is 2.87. The zero-order chi connectivity index (χ0) is 20.1. The standard InChI is InChI=1S/C23H21FN4O/c1-15-19-14-25-28(21-10-4-3-9-20(21)24)23(29)22(19)16(2)27(15)18-8-5-7-17(13-18)26-11-6-12-26/h3-5,7-10,13-14H,6,11-12H2,1-2H3. The Hall–Kier alpha value is -3.41. The maximum absolute atomic E-state index is 14.3. The first-order valence-electron chi connectivity index (χ1n) is 9.76. The number of aryl methyl sites for hydroxylation is 2. The number of rotatable bonds is 3. The molecule has 0 atom stereocenters. The van der Waals surface area contributed by atoms with Gasteiger partial charge in [0.15, 0.2) is 0 Å². The quantitative estimate of drug-likeness (QED) is 0.530. The van der Waals surface area contributed by atoms with Crippen molar-refractivity contribution in [2.45, 2.75) is 20.3 Å². The third kappa shape index (κ3) is 2.67. The molecule has 1 saturated heterocycles. The van der Waals surface area contributed by atoms with E-state index in [1.165, 1.54) is 18.2 Å². The highest BCUT2D eigenvalue weighted by Crippen LogP contribution is 2.29. The summed E-state index contributed by atoms with van der Waals surface area (Å²) in [5.41, 5.74) is 3.82. The number of para-hydroxylation sites is 1. The third-order valence-corrected chi connectivity index (χ3v) is 5.79. The number of hydrogen-bond donors (Lipinski definition) is 0. The molecule has 0 unspecified atom stereocenters. The second kappa shape index (κ2) is 6.58. The van der Waals surface area contributed by atoms with Crippen LogP contribution in [0.3, 0.4) is 0 Å². The Labute approximate surface area is 167 Å². The number of benzene rings is 2. The Morgan fingerprint density at radius 2 is 1.72 bits per heavy atom. The molecule has 5 nitrogen and oxygen atoms in total. The maximum Gasteiger partial charge on any atom is 0.281 e. The van der Waals surface area contributed by atoms with Crippen LogP contribution in [0, 0.1) is 19.7 Å².